The van der Waals surface area contributed by atoms with Crippen LogP contribution in [-0.4, -0.2) is 18.9 Å². The van der Waals surface area contributed by atoms with Crippen molar-refractivity contribution in [2.24, 2.45) is 5.92 Å². The molecule has 0 aliphatic carbocycles. The molecule has 0 saturated heterocycles. The first kappa shape index (κ1) is 24.6. The van der Waals surface area contributed by atoms with Crippen LogP contribution in [0.3, 0.4) is 0 Å². The van der Waals surface area contributed by atoms with E-state index in [-0.39, 0.29) is 11.0 Å². The third-order valence-corrected chi connectivity index (χ3v) is 11.1. The standard InChI is InChI=1S/C27H40O2Si/c1-5-7-8-9-16-21-26(28)23(6-2)22-27(3,4)30(29,24-17-12-10-13-18-24)25-19-14-11-15-20-25/h10-15,17-20,23,29H,5-9,16,21-22H2,1-4H3. The van der Waals surface area contributed by atoms with Crippen LogP contribution in [-0.2, 0) is 4.79 Å². The number of hydrogen-bond donors (Lipinski definition) is 1. The van der Waals surface area contributed by atoms with Gasteiger partial charge in [-0.1, -0.05) is 114 Å². The Balaban J connectivity index is 2.24. The maximum atomic E-state index is 13.0. The van der Waals surface area contributed by atoms with Crippen LogP contribution >= 0.6 is 0 Å². The van der Waals surface area contributed by atoms with Crippen molar-refractivity contribution in [1.29, 1.82) is 0 Å². The summed E-state index contributed by atoms with van der Waals surface area (Å²) in [5.74, 6) is 0.386. The summed E-state index contributed by atoms with van der Waals surface area (Å²) < 4.78 is 0. The number of carbonyl (C=O) groups is 1. The van der Waals surface area contributed by atoms with Crippen molar-refractivity contribution >= 4 is 24.5 Å². The maximum absolute atomic E-state index is 13.0. The summed E-state index contributed by atoms with van der Waals surface area (Å²) in [4.78, 5) is 25.3. The van der Waals surface area contributed by atoms with Gasteiger partial charge in [0.15, 0.2) is 0 Å². The summed E-state index contributed by atoms with van der Waals surface area (Å²) in [6.07, 6.45) is 8.08. The van der Waals surface area contributed by atoms with Crippen molar-refractivity contribution in [1.82, 2.24) is 0 Å². The zero-order valence-electron chi connectivity index (χ0n) is 19.4. The Labute approximate surface area is 184 Å². The number of benzene rings is 2. The molecule has 0 heterocycles. The predicted octanol–water partition coefficient (Wildman–Crippen LogP) is 5.86. The number of rotatable bonds is 13. The Kier molecular flexibility index (Phi) is 9.51. The van der Waals surface area contributed by atoms with Crippen molar-refractivity contribution in [3.05, 3.63) is 60.7 Å². The van der Waals surface area contributed by atoms with Gasteiger partial charge in [-0.3, -0.25) is 4.79 Å². The first-order chi connectivity index (χ1) is 14.4. The first-order valence-electron chi connectivity index (χ1n) is 11.7. The normalized spacial score (nSPS) is 13.2. The minimum Gasteiger partial charge on any atom is -0.424 e. The Morgan fingerprint density at radius 1 is 0.867 bits per heavy atom. The lowest BCUT2D eigenvalue weighted by atomic mass is 9.88. The third-order valence-electron chi connectivity index (χ3n) is 6.59. The second-order valence-electron chi connectivity index (χ2n) is 9.27. The van der Waals surface area contributed by atoms with Crippen molar-refractivity contribution in [3.8, 4) is 0 Å². The van der Waals surface area contributed by atoms with Gasteiger partial charge in [0.25, 0.3) is 8.32 Å². The van der Waals surface area contributed by atoms with E-state index in [0.29, 0.717) is 12.2 Å². The zero-order valence-corrected chi connectivity index (χ0v) is 20.4. The van der Waals surface area contributed by atoms with Gasteiger partial charge in [0.1, 0.15) is 5.78 Å². The van der Waals surface area contributed by atoms with Crippen LogP contribution in [0.1, 0.15) is 79.1 Å². The zero-order chi connectivity index (χ0) is 22.0. The SMILES string of the molecule is CCCCCCCC(=O)C(CC)CC(C)(C)[Si](O)(c1ccccc1)c1ccccc1. The van der Waals surface area contributed by atoms with Crippen LogP contribution in [0, 0.1) is 5.92 Å². The number of unbranched alkanes of at least 4 members (excludes halogenated alkanes) is 4. The highest BCUT2D eigenvalue weighted by atomic mass is 28.4. The average molecular weight is 425 g/mol. The van der Waals surface area contributed by atoms with Crippen molar-refractivity contribution < 1.29 is 9.59 Å². The number of hydrogen-bond acceptors (Lipinski definition) is 2. The average Bonchev–Trinajstić information content (AvgIpc) is 2.77. The second kappa shape index (κ2) is 11.6. The van der Waals surface area contributed by atoms with Crippen molar-refractivity contribution in [2.75, 3.05) is 0 Å². The topological polar surface area (TPSA) is 37.3 Å². The van der Waals surface area contributed by atoms with Crippen LogP contribution in [0.25, 0.3) is 0 Å². The van der Waals surface area contributed by atoms with Crippen LogP contribution in [0.15, 0.2) is 60.7 Å². The van der Waals surface area contributed by atoms with E-state index in [4.69, 9.17) is 0 Å². The quantitative estimate of drug-likeness (QED) is 0.323. The molecule has 0 amide bonds. The molecular formula is C27H40O2Si. The molecule has 0 saturated carbocycles. The molecule has 164 valence electrons. The summed E-state index contributed by atoms with van der Waals surface area (Å²) in [5.41, 5.74) is 0. The summed E-state index contributed by atoms with van der Waals surface area (Å²) in [5, 5.41) is 1.67. The maximum Gasteiger partial charge on any atom is 0.258 e. The smallest absolute Gasteiger partial charge is 0.258 e. The molecule has 1 atom stereocenters. The summed E-state index contributed by atoms with van der Waals surface area (Å²) in [6.45, 7) is 8.65. The molecule has 0 aliphatic rings. The lowest BCUT2D eigenvalue weighted by Gasteiger charge is -2.42. The van der Waals surface area contributed by atoms with Gasteiger partial charge < -0.3 is 4.80 Å². The molecular weight excluding hydrogens is 384 g/mol. The Morgan fingerprint density at radius 3 is 1.83 bits per heavy atom. The number of Topliss-reactive ketones (excluding diaryl/α,β-unsaturated/α-hetero) is 1. The molecule has 2 aromatic rings. The molecule has 2 aromatic carbocycles. The van der Waals surface area contributed by atoms with Gasteiger partial charge >= 0.3 is 0 Å². The van der Waals surface area contributed by atoms with Gasteiger partial charge in [-0.2, -0.15) is 0 Å². The molecule has 0 fully saturated rings. The molecule has 2 rings (SSSR count). The minimum absolute atomic E-state index is 0.0117. The largest absolute Gasteiger partial charge is 0.424 e. The Bertz CT molecular complexity index is 715. The van der Waals surface area contributed by atoms with E-state index >= 15 is 0 Å². The van der Waals surface area contributed by atoms with Gasteiger partial charge in [-0.05, 0) is 34.7 Å². The fourth-order valence-corrected chi connectivity index (χ4v) is 8.45. The van der Waals surface area contributed by atoms with Gasteiger partial charge in [-0.15, -0.1) is 0 Å². The van der Waals surface area contributed by atoms with E-state index in [9.17, 15) is 9.59 Å². The molecule has 3 heteroatoms. The predicted molar refractivity (Wildman–Crippen MR) is 131 cm³/mol. The van der Waals surface area contributed by atoms with E-state index in [0.717, 1.165) is 36.1 Å². The van der Waals surface area contributed by atoms with Gasteiger partial charge in [0, 0.05) is 12.3 Å². The minimum atomic E-state index is -3.06. The van der Waals surface area contributed by atoms with Gasteiger partial charge in [-0.25, -0.2) is 0 Å². The summed E-state index contributed by atoms with van der Waals surface area (Å²) in [7, 11) is -3.06. The van der Waals surface area contributed by atoms with Crippen LogP contribution < -0.4 is 10.4 Å². The molecule has 2 nitrogen and oxygen atoms in total. The highest BCUT2D eigenvalue weighted by Gasteiger charge is 2.50. The molecule has 0 radical (unpaired) electrons. The lowest BCUT2D eigenvalue weighted by molar-refractivity contribution is -0.123. The molecule has 0 bridgehead atoms. The highest BCUT2D eigenvalue weighted by molar-refractivity contribution is 6.98. The summed E-state index contributed by atoms with van der Waals surface area (Å²) >= 11 is 0. The molecule has 1 unspecified atom stereocenters. The molecule has 30 heavy (non-hydrogen) atoms. The lowest BCUT2D eigenvalue weighted by Crippen LogP contribution is -2.65. The third kappa shape index (κ3) is 5.92. The Hall–Kier alpha value is -1.71. The monoisotopic (exact) mass is 424 g/mol. The fourth-order valence-electron chi connectivity index (χ4n) is 4.66. The van der Waals surface area contributed by atoms with Gasteiger partial charge in [0.2, 0.25) is 0 Å². The Morgan fingerprint density at radius 2 is 1.37 bits per heavy atom. The number of carbonyl (C=O) groups excluding carboxylic acids is 1. The van der Waals surface area contributed by atoms with Gasteiger partial charge in [0.05, 0.1) is 0 Å². The number of ketones is 1. The first-order valence-corrected chi connectivity index (χ1v) is 13.7. The van der Waals surface area contributed by atoms with Crippen molar-refractivity contribution in [2.45, 2.75) is 84.1 Å². The second-order valence-corrected chi connectivity index (χ2v) is 13.2. The fraction of sp³-hybridized carbons (Fsp3) is 0.519. The molecule has 0 aliphatic heterocycles. The van der Waals surface area contributed by atoms with E-state index < -0.39 is 8.32 Å². The van der Waals surface area contributed by atoms with Crippen LogP contribution in [0.4, 0.5) is 0 Å². The molecule has 1 N–H and O–H groups in total. The van der Waals surface area contributed by atoms with Crippen LogP contribution in [0.2, 0.25) is 5.04 Å². The van der Waals surface area contributed by atoms with E-state index in [1.807, 2.05) is 36.4 Å². The van der Waals surface area contributed by atoms with E-state index in [1.165, 1.54) is 19.3 Å². The van der Waals surface area contributed by atoms with E-state index in [2.05, 4.69) is 52.0 Å². The molecule has 0 aromatic heterocycles. The van der Waals surface area contributed by atoms with Crippen LogP contribution in [0.5, 0.6) is 0 Å². The summed E-state index contributed by atoms with van der Waals surface area (Å²) in [6, 6.07) is 20.2. The van der Waals surface area contributed by atoms with Crippen molar-refractivity contribution in [3.63, 3.8) is 0 Å². The molecule has 0 spiro atoms. The highest BCUT2D eigenvalue weighted by Crippen LogP contribution is 2.42. The van der Waals surface area contributed by atoms with E-state index in [1.54, 1.807) is 0 Å².